The van der Waals surface area contributed by atoms with E-state index in [1.165, 1.54) is 16.9 Å². The van der Waals surface area contributed by atoms with Crippen LogP contribution in [0.15, 0.2) is 28.6 Å². The molecule has 0 saturated carbocycles. The molecule has 1 amide bonds. The molecule has 0 aliphatic carbocycles. The topological polar surface area (TPSA) is 68.0 Å². The fraction of sp³-hybridized carbons (Fsp3) is 0.231. The van der Waals surface area contributed by atoms with Gasteiger partial charge in [0.1, 0.15) is 0 Å². The third kappa shape index (κ3) is 3.56. The highest BCUT2D eigenvalue weighted by molar-refractivity contribution is 7.98. The predicted octanol–water partition coefficient (Wildman–Crippen LogP) is 2.66. The summed E-state index contributed by atoms with van der Waals surface area (Å²) < 4.78 is 0. The van der Waals surface area contributed by atoms with Crippen molar-refractivity contribution in [3.05, 3.63) is 45.3 Å². The Hall–Kier alpha value is -1.37. The van der Waals surface area contributed by atoms with Crippen LogP contribution >= 0.6 is 23.1 Å². The second-order valence-electron chi connectivity index (χ2n) is 4.16. The summed E-state index contributed by atoms with van der Waals surface area (Å²) in [6.07, 6.45) is 0. The molecular formula is C13H15N3OS2. The number of thioether (sulfide) groups is 1. The van der Waals surface area contributed by atoms with Crippen molar-refractivity contribution in [1.29, 1.82) is 0 Å². The molecule has 2 aromatic heterocycles. The molecular weight excluding hydrogens is 278 g/mol. The van der Waals surface area contributed by atoms with Crippen LogP contribution in [-0.2, 0) is 5.75 Å². The van der Waals surface area contributed by atoms with Gasteiger partial charge >= 0.3 is 0 Å². The maximum atomic E-state index is 11.6. The van der Waals surface area contributed by atoms with Crippen LogP contribution in [-0.4, -0.2) is 10.9 Å². The number of amides is 1. The first kappa shape index (κ1) is 14.0. The highest BCUT2D eigenvalue weighted by atomic mass is 32.2. The monoisotopic (exact) mass is 293 g/mol. The van der Waals surface area contributed by atoms with Crippen LogP contribution in [0.2, 0.25) is 0 Å². The van der Waals surface area contributed by atoms with Gasteiger partial charge in [-0.2, -0.15) is 0 Å². The first-order valence-corrected chi connectivity index (χ1v) is 7.62. The first-order valence-electron chi connectivity index (χ1n) is 5.75. The zero-order chi connectivity index (χ0) is 13.8. The minimum absolute atomic E-state index is 0.237. The SMILES string of the molecule is Cc1cc(C)nc(SCc2ccsc2C(=O)NN)c1. The van der Waals surface area contributed by atoms with E-state index in [2.05, 4.69) is 17.3 Å². The lowest BCUT2D eigenvalue weighted by atomic mass is 10.3. The third-order valence-electron chi connectivity index (χ3n) is 2.53. The largest absolute Gasteiger partial charge is 0.289 e. The molecule has 0 spiro atoms. The molecule has 6 heteroatoms. The summed E-state index contributed by atoms with van der Waals surface area (Å²) in [6.45, 7) is 4.03. The molecule has 100 valence electrons. The number of aromatic nitrogens is 1. The summed E-state index contributed by atoms with van der Waals surface area (Å²) in [6, 6.07) is 6.04. The van der Waals surface area contributed by atoms with Crippen molar-refractivity contribution in [3.8, 4) is 0 Å². The first-order chi connectivity index (χ1) is 9.10. The Morgan fingerprint density at radius 2 is 2.26 bits per heavy atom. The van der Waals surface area contributed by atoms with Gasteiger partial charge < -0.3 is 0 Å². The van der Waals surface area contributed by atoms with Gasteiger partial charge in [0, 0.05) is 11.4 Å². The van der Waals surface area contributed by atoms with Gasteiger partial charge in [-0.1, -0.05) is 0 Å². The number of nitrogen functional groups attached to an aromatic ring is 1. The molecule has 0 aliphatic heterocycles. The number of carbonyl (C=O) groups is 1. The van der Waals surface area contributed by atoms with Crippen molar-refractivity contribution >= 4 is 29.0 Å². The summed E-state index contributed by atoms with van der Waals surface area (Å²) in [5, 5.41) is 2.87. The van der Waals surface area contributed by atoms with E-state index in [0.29, 0.717) is 10.6 Å². The maximum Gasteiger partial charge on any atom is 0.275 e. The zero-order valence-electron chi connectivity index (χ0n) is 10.8. The van der Waals surface area contributed by atoms with Crippen molar-refractivity contribution in [2.24, 2.45) is 5.84 Å². The number of nitrogens with two attached hydrogens (primary N) is 1. The van der Waals surface area contributed by atoms with E-state index >= 15 is 0 Å². The molecule has 0 atom stereocenters. The zero-order valence-corrected chi connectivity index (χ0v) is 12.4. The van der Waals surface area contributed by atoms with E-state index < -0.39 is 0 Å². The summed E-state index contributed by atoms with van der Waals surface area (Å²) in [4.78, 5) is 16.7. The van der Waals surface area contributed by atoms with Crippen molar-refractivity contribution in [3.63, 3.8) is 0 Å². The highest BCUT2D eigenvalue weighted by Crippen LogP contribution is 2.26. The second kappa shape index (κ2) is 6.18. The summed E-state index contributed by atoms with van der Waals surface area (Å²) in [5.41, 5.74) is 5.36. The number of pyridine rings is 1. The van der Waals surface area contributed by atoms with E-state index in [4.69, 9.17) is 5.84 Å². The minimum atomic E-state index is -0.237. The normalized spacial score (nSPS) is 10.5. The van der Waals surface area contributed by atoms with E-state index in [1.807, 2.05) is 30.5 Å². The van der Waals surface area contributed by atoms with Crippen LogP contribution < -0.4 is 11.3 Å². The molecule has 2 rings (SSSR count). The number of carbonyl (C=O) groups excluding carboxylic acids is 1. The molecule has 0 saturated heterocycles. The lowest BCUT2D eigenvalue weighted by Gasteiger charge is -2.05. The Labute approximate surface area is 120 Å². The highest BCUT2D eigenvalue weighted by Gasteiger charge is 2.12. The van der Waals surface area contributed by atoms with Gasteiger partial charge in [0.2, 0.25) is 0 Å². The Bertz CT molecular complexity index is 575. The predicted molar refractivity (Wildman–Crippen MR) is 79.2 cm³/mol. The maximum absolute atomic E-state index is 11.6. The van der Waals surface area contributed by atoms with Crippen LogP contribution in [0.3, 0.4) is 0 Å². The van der Waals surface area contributed by atoms with Gasteiger partial charge in [0.15, 0.2) is 0 Å². The molecule has 0 bridgehead atoms. The van der Waals surface area contributed by atoms with Gasteiger partial charge in [-0.05, 0) is 48.6 Å². The minimum Gasteiger partial charge on any atom is -0.289 e. The van der Waals surface area contributed by atoms with Crippen molar-refractivity contribution in [2.75, 3.05) is 0 Å². The van der Waals surface area contributed by atoms with Crippen LogP contribution in [0.25, 0.3) is 0 Å². The number of aryl methyl sites for hydroxylation is 2. The molecule has 0 radical (unpaired) electrons. The standard InChI is InChI=1S/C13H15N3OS2/c1-8-5-9(2)15-11(6-8)19-7-10-3-4-18-12(10)13(17)16-14/h3-6H,7,14H2,1-2H3,(H,16,17). The fourth-order valence-corrected chi connectivity index (χ4v) is 3.68. The van der Waals surface area contributed by atoms with Crippen LogP contribution in [0, 0.1) is 13.8 Å². The van der Waals surface area contributed by atoms with E-state index in [9.17, 15) is 4.79 Å². The van der Waals surface area contributed by atoms with Gasteiger partial charge in [-0.3, -0.25) is 10.2 Å². The van der Waals surface area contributed by atoms with Crippen molar-refractivity contribution in [1.82, 2.24) is 10.4 Å². The quantitative estimate of drug-likeness (QED) is 0.393. The molecule has 4 nitrogen and oxygen atoms in total. The molecule has 0 aromatic carbocycles. The van der Waals surface area contributed by atoms with Gasteiger partial charge in [0.25, 0.3) is 5.91 Å². The molecule has 19 heavy (non-hydrogen) atoms. The van der Waals surface area contributed by atoms with Crippen molar-refractivity contribution < 1.29 is 4.79 Å². The van der Waals surface area contributed by atoms with Crippen LogP contribution in [0.4, 0.5) is 0 Å². The Balaban J connectivity index is 2.10. The Kier molecular flexibility index (Phi) is 4.57. The van der Waals surface area contributed by atoms with E-state index in [-0.39, 0.29) is 5.91 Å². The van der Waals surface area contributed by atoms with Gasteiger partial charge in [0.05, 0.1) is 9.90 Å². The molecule has 0 unspecified atom stereocenters. The van der Waals surface area contributed by atoms with Gasteiger partial charge in [-0.25, -0.2) is 10.8 Å². The molecule has 3 N–H and O–H groups in total. The lowest BCUT2D eigenvalue weighted by molar-refractivity contribution is 0.0957. The smallest absolute Gasteiger partial charge is 0.275 e. The number of hydrogen-bond donors (Lipinski definition) is 2. The van der Waals surface area contributed by atoms with E-state index in [1.54, 1.807) is 11.8 Å². The number of nitrogens with zero attached hydrogens (tertiary/aromatic N) is 1. The van der Waals surface area contributed by atoms with Crippen LogP contribution in [0.1, 0.15) is 26.5 Å². The molecule has 2 aromatic rings. The molecule has 2 heterocycles. The molecule has 0 fully saturated rings. The Morgan fingerprint density at radius 1 is 1.47 bits per heavy atom. The number of hydrogen-bond acceptors (Lipinski definition) is 5. The Morgan fingerprint density at radius 3 is 2.95 bits per heavy atom. The summed E-state index contributed by atoms with van der Waals surface area (Å²) >= 11 is 3.02. The van der Waals surface area contributed by atoms with Crippen LogP contribution in [0.5, 0.6) is 0 Å². The lowest BCUT2D eigenvalue weighted by Crippen LogP contribution is -2.29. The number of thiophene rings is 1. The second-order valence-corrected chi connectivity index (χ2v) is 6.07. The average molecular weight is 293 g/mol. The number of nitrogens with one attached hydrogen (secondary N) is 1. The van der Waals surface area contributed by atoms with Gasteiger partial charge in [-0.15, -0.1) is 23.1 Å². The van der Waals surface area contributed by atoms with Crippen molar-refractivity contribution in [2.45, 2.75) is 24.6 Å². The third-order valence-corrected chi connectivity index (χ3v) is 4.45. The number of hydrazine groups is 1. The fourth-order valence-electron chi connectivity index (χ4n) is 1.74. The average Bonchev–Trinajstić information content (AvgIpc) is 2.82. The summed E-state index contributed by atoms with van der Waals surface area (Å²) in [7, 11) is 0. The number of rotatable bonds is 4. The summed E-state index contributed by atoms with van der Waals surface area (Å²) in [5.74, 6) is 5.64. The van der Waals surface area contributed by atoms with E-state index in [0.717, 1.165) is 16.3 Å². The molecule has 0 aliphatic rings.